The summed E-state index contributed by atoms with van der Waals surface area (Å²) < 4.78 is 5.53. The monoisotopic (exact) mass is 483 g/mol. The molecule has 0 radical (unpaired) electrons. The van der Waals surface area contributed by atoms with Crippen LogP contribution in [-0.2, 0) is 0 Å². The van der Waals surface area contributed by atoms with E-state index in [0.29, 0.717) is 22.4 Å². The molecule has 176 valence electrons. The molecule has 1 aliphatic heterocycles. The van der Waals surface area contributed by atoms with Crippen LogP contribution >= 0.6 is 11.6 Å². The van der Waals surface area contributed by atoms with Gasteiger partial charge in [0.2, 0.25) is 0 Å². The standard InChI is InChI=1S/C28H26ClN5O/c1-16-3-8-19(15-31-16)32-27-22(17-4-5-17)14-25-28(26(27)30)33-23-12-11-21(35-2)13-24(23)34(25)20-9-6-18(29)7-10-20/h3,6-15,17,22,27,30,32H,4-5H2,1-2H3. The third-order valence-electron chi connectivity index (χ3n) is 6.93. The molecule has 0 spiro atoms. The molecule has 3 aromatic rings. The Morgan fingerprint density at radius 2 is 1.89 bits per heavy atom. The maximum absolute atomic E-state index is 9.29. The number of fused-ring (bicyclic) bond motifs is 2. The number of ether oxygens (including phenoxy) is 1. The molecule has 6 rings (SSSR count). The zero-order chi connectivity index (χ0) is 24.1. The number of pyridine rings is 1. The van der Waals surface area contributed by atoms with Crippen LogP contribution in [0.5, 0.6) is 5.75 Å². The molecule has 2 atom stereocenters. The second-order valence-electron chi connectivity index (χ2n) is 9.32. The molecule has 2 aromatic carbocycles. The minimum atomic E-state index is -0.165. The van der Waals surface area contributed by atoms with Gasteiger partial charge in [-0.3, -0.25) is 4.98 Å². The van der Waals surface area contributed by atoms with Gasteiger partial charge in [-0.15, -0.1) is 0 Å². The van der Waals surface area contributed by atoms with Crippen LogP contribution in [0.4, 0.5) is 22.7 Å². The van der Waals surface area contributed by atoms with E-state index in [2.05, 4.69) is 21.3 Å². The van der Waals surface area contributed by atoms with Crippen LogP contribution in [0.25, 0.3) is 0 Å². The first-order valence-electron chi connectivity index (χ1n) is 11.8. The number of aliphatic imine (C=N–C) groups is 1. The molecule has 0 bridgehead atoms. The number of halogens is 1. The first kappa shape index (κ1) is 21.9. The lowest BCUT2D eigenvalue weighted by Gasteiger charge is -2.40. The van der Waals surface area contributed by atoms with Crippen molar-refractivity contribution in [2.75, 3.05) is 17.3 Å². The van der Waals surface area contributed by atoms with E-state index >= 15 is 0 Å². The summed E-state index contributed by atoms with van der Waals surface area (Å²) in [5.74, 6) is 1.48. The first-order valence-corrected chi connectivity index (χ1v) is 12.2. The number of benzene rings is 2. The Morgan fingerprint density at radius 1 is 1.09 bits per heavy atom. The largest absolute Gasteiger partial charge is 0.497 e. The van der Waals surface area contributed by atoms with Crippen molar-refractivity contribution in [2.45, 2.75) is 25.8 Å². The second kappa shape index (κ2) is 8.54. The summed E-state index contributed by atoms with van der Waals surface area (Å²) in [5.41, 5.74) is 6.72. The van der Waals surface area contributed by atoms with Crippen molar-refractivity contribution in [3.05, 3.63) is 83.3 Å². The summed E-state index contributed by atoms with van der Waals surface area (Å²) in [5, 5.41) is 13.6. The number of rotatable bonds is 5. The van der Waals surface area contributed by atoms with Crippen molar-refractivity contribution in [3.8, 4) is 5.75 Å². The van der Waals surface area contributed by atoms with Crippen molar-refractivity contribution in [2.24, 2.45) is 16.8 Å². The number of aryl methyl sites for hydroxylation is 1. The maximum Gasteiger partial charge on any atom is 0.121 e. The van der Waals surface area contributed by atoms with Gasteiger partial charge in [0.05, 0.1) is 47.8 Å². The highest BCUT2D eigenvalue weighted by atomic mass is 35.5. The summed E-state index contributed by atoms with van der Waals surface area (Å²) >= 11 is 6.21. The number of anilines is 3. The van der Waals surface area contributed by atoms with Crippen LogP contribution in [-0.4, -0.2) is 29.6 Å². The Balaban J connectivity index is 1.49. The number of aromatic nitrogens is 1. The molecule has 2 unspecified atom stereocenters. The second-order valence-corrected chi connectivity index (χ2v) is 9.75. The van der Waals surface area contributed by atoms with Crippen LogP contribution in [0.2, 0.25) is 5.02 Å². The maximum atomic E-state index is 9.29. The van der Waals surface area contributed by atoms with Gasteiger partial charge < -0.3 is 20.4 Å². The summed E-state index contributed by atoms with van der Waals surface area (Å²) in [7, 11) is 1.67. The highest BCUT2D eigenvalue weighted by molar-refractivity contribution is 6.52. The minimum Gasteiger partial charge on any atom is -0.497 e. The predicted molar refractivity (Wildman–Crippen MR) is 142 cm³/mol. The summed E-state index contributed by atoms with van der Waals surface area (Å²) in [6.07, 6.45) is 6.49. The lowest BCUT2D eigenvalue weighted by molar-refractivity contribution is 0.415. The quantitative estimate of drug-likeness (QED) is 0.423. The normalized spacial score (nSPS) is 21.0. The lowest BCUT2D eigenvalue weighted by Crippen LogP contribution is -2.48. The third kappa shape index (κ3) is 3.98. The molecule has 1 fully saturated rings. The zero-order valence-corrected chi connectivity index (χ0v) is 20.4. The number of nitrogens with one attached hydrogen (secondary N) is 2. The van der Waals surface area contributed by atoms with E-state index in [1.165, 1.54) is 12.8 Å². The van der Waals surface area contributed by atoms with Crippen LogP contribution in [0.1, 0.15) is 18.5 Å². The Bertz CT molecular complexity index is 1360. The third-order valence-corrected chi connectivity index (χ3v) is 7.18. The highest BCUT2D eigenvalue weighted by Crippen LogP contribution is 2.48. The van der Waals surface area contributed by atoms with Crippen molar-refractivity contribution >= 4 is 45.8 Å². The van der Waals surface area contributed by atoms with E-state index < -0.39 is 0 Å². The molecule has 0 amide bonds. The number of methoxy groups -OCH3 is 1. The molecular weight excluding hydrogens is 458 g/mol. The fraction of sp³-hybridized carbons (Fsp3) is 0.250. The van der Waals surface area contributed by atoms with E-state index in [9.17, 15) is 5.41 Å². The number of hydrogen-bond donors (Lipinski definition) is 2. The number of nitrogens with zero attached hydrogens (tertiary/aromatic N) is 3. The van der Waals surface area contributed by atoms with Crippen molar-refractivity contribution < 1.29 is 4.74 Å². The molecule has 2 heterocycles. The fourth-order valence-corrected chi connectivity index (χ4v) is 5.07. The Kier molecular flexibility index (Phi) is 5.33. The average molecular weight is 484 g/mol. The fourth-order valence-electron chi connectivity index (χ4n) is 4.95. The van der Waals surface area contributed by atoms with Crippen LogP contribution in [0.3, 0.4) is 0 Å². The lowest BCUT2D eigenvalue weighted by atomic mass is 9.81. The zero-order valence-electron chi connectivity index (χ0n) is 19.6. The van der Waals surface area contributed by atoms with E-state index in [1.807, 2.05) is 67.7 Å². The Labute approximate surface area is 209 Å². The molecule has 35 heavy (non-hydrogen) atoms. The molecule has 7 heteroatoms. The SMILES string of the molecule is COc1ccc2c(c1)N(c1ccc(Cl)cc1)C1=CC(C3CC3)C(Nc3ccc(C)nc3)C(=N)C1=N2. The van der Waals surface area contributed by atoms with Crippen molar-refractivity contribution in [1.82, 2.24) is 4.98 Å². The molecule has 0 saturated heterocycles. The number of allylic oxidation sites excluding steroid dienone is 1. The molecule has 2 aliphatic carbocycles. The van der Waals surface area contributed by atoms with Gasteiger partial charge in [-0.05, 0) is 74.2 Å². The predicted octanol–water partition coefficient (Wildman–Crippen LogP) is 6.70. The first-order chi connectivity index (χ1) is 17.0. The van der Waals surface area contributed by atoms with E-state index in [4.69, 9.17) is 21.3 Å². The van der Waals surface area contributed by atoms with Crippen LogP contribution < -0.4 is 15.0 Å². The van der Waals surface area contributed by atoms with E-state index in [-0.39, 0.29) is 12.0 Å². The molecular formula is C28H26ClN5O. The van der Waals surface area contributed by atoms with Gasteiger partial charge in [-0.25, -0.2) is 4.99 Å². The summed E-state index contributed by atoms with van der Waals surface area (Å²) in [6.45, 7) is 1.98. The van der Waals surface area contributed by atoms with E-state index in [0.717, 1.165) is 39.9 Å². The number of hydrogen-bond acceptors (Lipinski definition) is 6. The Hall–Kier alpha value is -3.64. The van der Waals surface area contributed by atoms with Gasteiger partial charge in [0, 0.05) is 28.4 Å². The summed E-state index contributed by atoms with van der Waals surface area (Å²) in [6, 6.07) is 17.5. The summed E-state index contributed by atoms with van der Waals surface area (Å²) in [4.78, 5) is 11.6. The van der Waals surface area contributed by atoms with Gasteiger partial charge >= 0.3 is 0 Å². The van der Waals surface area contributed by atoms with E-state index in [1.54, 1.807) is 7.11 Å². The topological polar surface area (TPSA) is 73.6 Å². The van der Waals surface area contributed by atoms with Crippen LogP contribution in [0.15, 0.2) is 77.6 Å². The smallest absolute Gasteiger partial charge is 0.121 e. The van der Waals surface area contributed by atoms with Crippen molar-refractivity contribution in [1.29, 1.82) is 5.41 Å². The van der Waals surface area contributed by atoms with Gasteiger partial charge in [0.25, 0.3) is 0 Å². The molecule has 6 nitrogen and oxygen atoms in total. The average Bonchev–Trinajstić information content (AvgIpc) is 3.71. The van der Waals surface area contributed by atoms with Gasteiger partial charge in [-0.1, -0.05) is 17.7 Å². The van der Waals surface area contributed by atoms with Gasteiger partial charge in [0.1, 0.15) is 11.5 Å². The Morgan fingerprint density at radius 3 is 2.57 bits per heavy atom. The van der Waals surface area contributed by atoms with Crippen molar-refractivity contribution in [3.63, 3.8) is 0 Å². The molecule has 1 saturated carbocycles. The van der Waals surface area contributed by atoms with Crippen LogP contribution in [0, 0.1) is 24.2 Å². The molecule has 1 aromatic heterocycles. The molecule has 2 N–H and O–H groups in total. The highest BCUT2D eigenvalue weighted by Gasteiger charge is 2.44. The van der Waals surface area contributed by atoms with Gasteiger partial charge in [0.15, 0.2) is 0 Å². The van der Waals surface area contributed by atoms with Gasteiger partial charge in [-0.2, -0.15) is 0 Å². The molecule has 3 aliphatic rings. The minimum absolute atomic E-state index is 0.165.